The Labute approximate surface area is 185 Å². The van der Waals surface area contributed by atoms with Gasteiger partial charge >= 0.3 is 0 Å². The Bertz CT molecular complexity index is 1080. The van der Waals surface area contributed by atoms with Crippen LogP contribution < -0.4 is 14.4 Å². The average Bonchev–Trinajstić information content (AvgIpc) is 2.76. The van der Waals surface area contributed by atoms with Crippen molar-refractivity contribution in [1.82, 2.24) is 10.2 Å². The van der Waals surface area contributed by atoms with E-state index in [1.54, 1.807) is 24.3 Å². The molecule has 0 spiro atoms. The molecule has 1 atom stereocenters. The van der Waals surface area contributed by atoms with Gasteiger partial charge in [-0.2, -0.15) is 0 Å². The number of nitrogens with zero attached hydrogens (tertiary/aromatic N) is 2. The highest BCUT2D eigenvalue weighted by atomic mass is 32.2. The lowest BCUT2D eigenvalue weighted by molar-refractivity contribution is -0.139. The Kier molecular flexibility index (Phi) is 8.14. The molecule has 0 fully saturated rings. The third-order valence-corrected chi connectivity index (χ3v) is 5.94. The summed E-state index contributed by atoms with van der Waals surface area (Å²) in [6.07, 6.45) is 0.845. The number of sulfonamides is 1. The summed E-state index contributed by atoms with van der Waals surface area (Å²) in [5.41, 5.74) is 0.463. The zero-order valence-corrected chi connectivity index (χ0v) is 18.9. The van der Waals surface area contributed by atoms with Gasteiger partial charge in [-0.3, -0.25) is 13.9 Å². The minimum Gasteiger partial charge on any atom is -0.497 e. The fourth-order valence-corrected chi connectivity index (χ4v) is 3.81. The number of rotatable bonds is 9. The lowest BCUT2D eigenvalue weighted by Gasteiger charge is -2.31. The zero-order valence-electron chi connectivity index (χ0n) is 18.1. The first-order valence-electron chi connectivity index (χ1n) is 9.54. The van der Waals surface area contributed by atoms with E-state index in [9.17, 15) is 26.8 Å². The predicted molar refractivity (Wildman–Crippen MR) is 116 cm³/mol. The Hall–Kier alpha value is -3.21. The van der Waals surface area contributed by atoms with Gasteiger partial charge in [0.1, 0.15) is 18.3 Å². The Morgan fingerprint density at radius 1 is 1.09 bits per heavy atom. The quantitative estimate of drug-likeness (QED) is 0.605. The smallest absolute Gasteiger partial charge is 0.244 e. The number of methoxy groups -OCH3 is 1. The van der Waals surface area contributed by atoms with Crippen molar-refractivity contribution in [2.75, 3.05) is 31.3 Å². The van der Waals surface area contributed by atoms with Crippen molar-refractivity contribution < 1.29 is 31.5 Å². The van der Waals surface area contributed by atoms with Crippen LogP contribution in [0.15, 0.2) is 42.5 Å². The van der Waals surface area contributed by atoms with Crippen molar-refractivity contribution in [3.8, 4) is 5.75 Å². The molecule has 0 radical (unpaired) electrons. The fourth-order valence-electron chi connectivity index (χ4n) is 2.97. The van der Waals surface area contributed by atoms with E-state index >= 15 is 0 Å². The van der Waals surface area contributed by atoms with Gasteiger partial charge in [-0.15, -0.1) is 0 Å². The van der Waals surface area contributed by atoms with Crippen LogP contribution in [-0.4, -0.2) is 58.1 Å². The first-order valence-corrected chi connectivity index (χ1v) is 11.4. The van der Waals surface area contributed by atoms with Gasteiger partial charge in [0.2, 0.25) is 21.8 Å². The molecule has 0 saturated carbocycles. The van der Waals surface area contributed by atoms with E-state index in [1.807, 2.05) is 0 Å². The van der Waals surface area contributed by atoms with Crippen molar-refractivity contribution in [3.05, 3.63) is 59.7 Å². The molecule has 0 aliphatic rings. The number of carbonyl (C=O) groups is 2. The number of hydrogen-bond acceptors (Lipinski definition) is 5. The highest BCUT2D eigenvalue weighted by molar-refractivity contribution is 7.92. The van der Waals surface area contributed by atoms with Gasteiger partial charge in [-0.1, -0.05) is 12.1 Å². The summed E-state index contributed by atoms with van der Waals surface area (Å²) >= 11 is 0. The Balaban J connectivity index is 2.38. The maximum atomic E-state index is 13.7. The minimum atomic E-state index is -4.03. The molecule has 2 aromatic rings. The van der Waals surface area contributed by atoms with Crippen molar-refractivity contribution in [1.29, 1.82) is 0 Å². The van der Waals surface area contributed by atoms with Crippen LogP contribution in [0, 0.1) is 11.6 Å². The topological polar surface area (TPSA) is 96.0 Å². The number of amides is 2. The molecular weight excluding hydrogens is 444 g/mol. The van der Waals surface area contributed by atoms with E-state index in [2.05, 4.69) is 5.32 Å². The summed E-state index contributed by atoms with van der Waals surface area (Å²) in [6.45, 7) is 0.802. The molecular formula is C21H25F2N3O5S. The number of benzene rings is 2. The third kappa shape index (κ3) is 6.16. The summed E-state index contributed by atoms with van der Waals surface area (Å²) in [5, 5.41) is 2.46. The van der Waals surface area contributed by atoms with Gasteiger partial charge in [0.15, 0.2) is 11.6 Å². The van der Waals surface area contributed by atoms with Crippen molar-refractivity contribution in [2.24, 2.45) is 0 Å². The van der Waals surface area contributed by atoms with Crippen LogP contribution in [0.25, 0.3) is 0 Å². The maximum Gasteiger partial charge on any atom is 0.244 e. The van der Waals surface area contributed by atoms with E-state index in [0.29, 0.717) is 21.7 Å². The molecule has 0 bridgehead atoms. The standard InChI is InChI=1S/C21H25F2N3O5S/c1-14(21(28)24-2)25(12-15-5-8-17(31-3)9-6-15)20(27)13-26(32(4,29)30)16-7-10-18(22)19(23)11-16/h5-11,14H,12-13H2,1-4H3,(H,24,28)/t14-/m0/s1. The monoisotopic (exact) mass is 469 g/mol. The highest BCUT2D eigenvalue weighted by Crippen LogP contribution is 2.22. The molecule has 1 N–H and O–H groups in total. The lowest BCUT2D eigenvalue weighted by atomic mass is 10.1. The molecule has 2 rings (SSSR count). The number of anilines is 1. The second kappa shape index (κ2) is 10.4. The maximum absolute atomic E-state index is 13.7. The van der Waals surface area contributed by atoms with E-state index < -0.39 is 46.1 Å². The molecule has 0 aliphatic heterocycles. The molecule has 2 amide bonds. The van der Waals surface area contributed by atoms with E-state index in [4.69, 9.17) is 4.74 Å². The third-order valence-electron chi connectivity index (χ3n) is 4.80. The molecule has 8 nitrogen and oxygen atoms in total. The molecule has 32 heavy (non-hydrogen) atoms. The number of halogens is 2. The summed E-state index contributed by atoms with van der Waals surface area (Å²) in [6, 6.07) is 8.39. The lowest BCUT2D eigenvalue weighted by Crippen LogP contribution is -2.50. The first-order chi connectivity index (χ1) is 15.0. The van der Waals surface area contributed by atoms with Crippen LogP contribution >= 0.6 is 0 Å². The Morgan fingerprint density at radius 2 is 1.72 bits per heavy atom. The number of likely N-dealkylation sites (N-methyl/N-ethyl adjacent to an activating group) is 1. The van der Waals surface area contributed by atoms with Crippen molar-refractivity contribution >= 4 is 27.5 Å². The largest absolute Gasteiger partial charge is 0.497 e. The second-order valence-electron chi connectivity index (χ2n) is 7.03. The second-order valence-corrected chi connectivity index (χ2v) is 8.93. The van der Waals surface area contributed by atoms with Crippen molar-refractivity contribution in [2.45, 2.75) is 19.5 Å². The zero-order chi connectivity index (χ0) is 24.1. The molecule has 0 saturated heterocycles. The van der Waals surface area contributed by atoms with Crippen LogP contribution in [0.2, 0.25) is 0 Å². The molecule has 0 aromatic heterocycles. The normalized spacial score (nSPS) is 12.1. The van der Waals surface area contributed by atoms with Gasteiger partial charge in [0.05, 0.1) is 19.1 Å². The number of carbonyl (C=O) groups excluding carboxylic acids is 2. The first kappa shape index (κ1) is 25.1. The van der Waals surface area contributed by atoms with Crippen LogP contribution in [0.5, 0.6) is 5.75 Å². The fraction of sp³-hybridized carbons (Fsp3) is 0.333. The summed E-state index contributed by atoms with van der Waals surface area (Å²) in [5.74, 6) is -2.95. The number of nitrogens with one attached hydrogen (secondary N) is 1. The summed E-state index contributed by atoms with van der Waals surface area (Å²) in [4.78, 5) is 26.6. The van der Waals surface area contributed by atoms with Gasteiger partial charge in [-0.05, 0) is 36.8 Å². The molecule has 0 aliphatic carbocycles. The number of hydrogen-bond donors (Lipinski definition) is 1. The predicted octanol–water partition coefficient (Wildman–Crippen LogP) is 1.90. The minimum absolute atomic E-state index is 0.00674. The van der Waals surface area contributed by atoms with Crippen LogP contribution in [0.4, 0.5) is 14.5 Å². The van der Waals surface area contributed by atoms with E-state index in [0.717, 1.165) is 18.4 Å². The van der Waals surface area contributed by atoms with Gasteiger partial charge < -0.3 is 15.0 Å². The molecule has 11 heteroatoms. The van der Waals surface area contributed by atoms with Gasteiger partial charge in [0.25, 0.3) is 0 Å². The Morgan fingerprint density at radius 3 is 2.22 bits per heavy atom. The van der Waals surface area contributed by atoms with Crippen LogP contribution in [0.1, 0.15) is 12.5 Å². The summed E-state index contributed by atoms with van der Waals surface area (Å²) in [7, 11) is -1.10. The van der Waals surface area contributed by atoms with Gasteiger partial charge in [-0.25, -0.2) is 17.2 Å². The van der Waals surface area contributed by atoms with Gasteiger partial charge in [0, 0.05) is 19.7 Å². The molecule has 2 aromatic carbocycles. The molecule has 0 heterocycles. The van der Waals surface area contributed by atoms with E-state index in [1.165, 1.54) is 26.0 Å². The molecule has 0 unspecified atom stereocenters. The van der Waals surface area contributed by atoms with Crippen LogP contribution in [-0.2, 0) is 26.2 Å². The number of ether oxygens (including phenoxy) is 1. The molecule has 174 valence electrons. The van der Waals surface area contributed by atoms with E-state index in [-0.39, 0.29) is 12.2 Å². The van der Waals surface area contributed by atoms with Crippen molar-refractivity contribution in [3.63, 3.8) is 0 Å². The highest BCUT2D eigenvalue weighted by Gasteiger charge is 2.30. The SMILES string of the molecule is CNC(=O)[C@H](C)N(Cc1ccc(OC)cc1)C(=O)CN(c1ccc(F)c(F)c1)S(C)(=O)=O. The average molecular weight is 470 g/mol. The van der Waals surface area contributed by atoms with Crippen LogP contribution in [0.3, 0.4) is 0 Å². The summed E-state index contributed by atoms with van der Waals surface area (Å²) < 4.78 is 57.4.